The number of fused-ring (bicyclic) bond motifs is 1. The fourth-order valence-corrected chi connectivity index (χ4v) is 3.98. The highest BCUT2D eigenvalue weighted by Gasteiger charge is 2.16. The third-order valence-electron chi connectivity index (χ3n) is 4.92. The molecule has 0 saturated carbocycles. The van der Waals surface area contributed by atoms with E-state index in [9.17, 15) is 9.59 Å². The summed E-state index contributed by atoms with van der Waals surface area (Å²) in [5.74, 6) is 1.37. The fraction of sp³-hybridized carbons (Fsp3) is 0.160. The van der Waals surface area contributed by atoms with Crippen molar-refractivity contribution in [1.29, 1.82) is 0 Å². The van der Waals surface area contributed by atoms with E-state index in [0.29, 0.717) is 40.7 Å². The summed E-state index contributed by atoms with van der Waals surface area (Å²) < 4.78 is 22.7. The van der Waals surface area contributed by atoms with Gasteiger partial charge in [-0.05, 0) is 64.0 Å². The summed E-state index contributed by atoms with van der Waals surface area (Å²) in [6.45, 7) is 0.293. The van der Waals surface area contributed by atoms with Crippen LogP contribution in [-0.2, 0) is 11.4 Å². The summed E-state index contributed by atoms with van der Waals surface area (Å²) in [6, 6.07) is 18.3. The maximum absolute atomic E-state index is 12.3. The second-order valence-corrected chi connectivity index (χ2v) is 8.51. The molecule has 0 unspecified atom stereocenters. The van der Waals surface area contributed by atoms with Gasteiger partial charge in [-0.2, -0.15) is 5.10 Å². The molecular formula is C25H22IN3O6. The van der Waals surface area contributed by atoms with Crippen LogP contribution in [0.15, 0.2) is 65.8 Å². The number of nitrogens with one attached hydrogen (secondary N) is 2. The molecule has 2 amide bonds. The van der Waals surface area contributed by atoms with Crippen LogP contribution in [0.1, 0.15) is 21.5 Å². The lowest BCUT2D eigenvalue weighted by atomic mass is 10.2. The van der Waals surface area contributed by atoms with Gasteiger partial charge in [0.15, 0.2) is 23.0 Å². The Balaban J connectivity index is 1.29. The Bertz CT molecular complexity index is 1250. The molecule has 0 spiro atoms. The second-order valence-electron chi connectivity index (χ2n) is 7.35. The van der Waals surface area contributed by atoms with Gasteiger partial charge in [0, 0.05) is 5.56 Å². The topological polar surface area (TPSA) is 107 Å². The summed E-state index contributed by atoms with van der Waals surface area (Å²) in [5, 5.41) is 6.51. The molecule has 0 radical (unpaired) electrons. The number of carbonyl (C=O) groups is 2. The van der Waals surface area contributed by atoms with E-state index in [-0.39, 0.29) is 13.3 Å². The number of halogens is 1. The van der Waals surface area contributed by atoms with E-state index in [2.05, 4.69) is 38.4 Å². The zero-order valence-corrected chi connectivity index (χ0v) is 20.9. The molecule has 3 aromatic rings. The summed E-state index contributed by atoms with van der Waals surface area (Å²) in [4.78, 5) is 24.4. The third kappa shape index (κ3) is 6.41. The second kappa shape index (κ2) is 11.6. The zero-order chi connectivity index (χ0) is 24.6. The molecule has 1 heterocycles. The zero-order valence-electron chi connectivity index (χ0n) is 18.7. The molecule has 0 saturated heterocycles. The van der Waals surface area contributed by atoms with Gasteiger partial charge in [0.1, 0.15) is 6.61 Å². The molecule has 9 nitrogen and oxygen atoms in total. The van der Waals surface area contributed by atoms with Crippen molar-refractivity contribution < 1.29 is 28.5 Å². The van der Waals surface area contributed by atoms with Crippen LogP contribution in [0.5, 0.6) is 23.0 Å². The summed E-state index contributed by atoms with van der Waals surface area (Å²) in [7, 11) is 1.56. The number of rotatable bonds is 9. The molecule has 35 heavy (non-hydrogen) atoms. The van der Waals surface area contributed by atoms with Gasteiger partial charge in [-0.15, -0.1) is 0 Å². The van der Waals surface area contributed by atoms with Gasteiger partial charge in [0.05, 0.1) is 23.4 Å². The molecule has 0 aliphatic carbocycles. The number of hydrogen-bond donors (Lipinski definition) is 2. The number of benzene rings is 3. The van der Waals surface area contributed by atoms with Gasteiger partial charge in [-0.3, -0.25) is 9.59 Å². The molecule has 1 aliphatic rings. The number of hydrogen-bond acceptors (Lipinski definition) is 7. The first-order chi connectivity index (χ1) is 17.0. The lowest BCUT2D eigenvalue weighted by Crippen LogP contribution is -2.34. The molecule has 4 rings (SSSR count). The Morgan fingerprint density at radius 2 is 1.89 bits per heavy atom. The first-order valence-electron chi connectivity index (χ1n) is 10.6. The van der Waals surface area contributed by atoms with Crippen molar-refractivity contribution in [2.24, 2.45) is 5.10 Å². The van der Waals surface area contributed by atoms with Gasteiger partial charge in [-0.25, -0.2) is 5.43 Å². The fourth-order valence-electron chi connectivity index (χ4n) is 3.20. The number of ether oxygens (including phenoxy) is 4. The number of amides is 2. The quantitative estimate of drug-likeness (QED) is 0.226. The molecule has 0 bridgehead atoms. The van der Waals surface area contributed by atoms with E-state index < -0.39 is 11.8 Å². The molecule has 2 N–H and O–H groups in total. The Kier molecular flexibility index (Phi) is 8.03. The van der Waals surface area contributed by atoms with E-state index in [4.69, 9.17) is 18.9 Å². The summed E-state index contributed by atoms with van der Waals surface area (Å²) >= 11 is 2.16. The monoisotopic (exact) mass is 587 g/mol. The highest BCUT2D eigenvalue weighted by Crippen LogP contribution is 2.34. The Hall–Kier alpha value is -3.80. The Morgan fingerprint density at radius 3 is 2.69 bits per heavy atom. The van der Waals surface area contributed by atoms with Crippen molar-refractivity contribution in [2.45, 2.75) is 6.61 Å². The van der Waals surface area contributed by atoms with Gasteiger partial charge in [-0.1, -0.05) is 30.3 Å². The van der Waals surface area contributed by atoms with Crippen LogP contribution >= 0.6 is 22.6 Å². The number of hydrazone groups is 1. The van der Waals surface area contributed by atoms with Crippen LogP contribution in [0, 0.1) is 3.57 Å². The van der Waals surface area contributed by atoms with Crippen LogP contribution in [0.4, 0.5) is 0 Å². The molecule has 10 heteroatoms. The molecule has 3 aromatic carbocycles. The number of carbonyl (C=O) groups excluding carboxylic acids is 2. The van der Waals surface area contributed by atoms with Crippen molar-refractivity contribution in [3.05, 3.63) is 80.9 Å². The maximum atomic E-state index is 12.3. The van der Waals surface area contributed by atoms with Gasteiger partial charge < -0.3 is 24.3 Å². The van der Waals surface area contributed by atoms with Crippen LogP contribution in [0.2, 0.25) is 0 Å². The van der Waals surface area contributed by atoms with Gasteiger partial charge in [0.2, 0.25) is 6.79 Å². The van der Waals surface area contributed by atoms with Crippen molar-refractivity contribution in [1.82, 2.24) is 10.7 Å². The third-order valence-corrected chi connectivity index (χ3v) is 5.73. The summed E-state index contributed by atoms with van der Waals surface area (Å²) in [5.41, 5.74) is 4.51. The van der Waals surface area contributed by atoms with E-state index in [1.54, 1.807) is 31.4 Å². The number of methoxy groups -OCH3 is 1. The average molecular weight is 587 g/mol. The lowest BCUT2D eigenvalue weighted by molar-refractivity contribution is -0.120. The van der Waals surface area contributed by atoms with Crippen LogP contribution in [-0.4, -0.2) is 38.5 Å². The standard InChI is InChI=1S/C25H22IN3O6/c1-32-22-10-17(9-19(26)24(22)33-14-16-5-3-2-4-6-16)12-28-29-23(30)13-27-25(31)18-7-8-20-21(11-18)35-15-34-20/h2-12H,13-15H2,1H3,(H,27,31)(H,29,30)/b28-12+. The first kappa shape index (κ1) is 24.3. The van der Waals surface area contributed by atoms with Crippen LogP contribution in [0.25, 0.3) is 0 Å². The van der Waals surface area contributed by atoms with Crippen LogP contribution < -0.4 is 29.7 Å². The highest BCUT2D eigenvalue weighted by molar-refractivity contribution is 14.1. The minimum atomic E-state index is -0.472. The minimum absolute atomic E-state index is 0.120. The van der Waals surface area contributed by atoms with E-state index >= 15 is 0 Å². The van der Waals surface area contributed by atoms with Crippen molar-refractivity contribution >= 4 is 40.6 Å². The van der Waals surface area contributed by atoms with Gasteiger partial charge >= 0.3 is 0 Å². The molecule has 0 aromatic heterocycles. The molecule has 1 aliphatic heterocycles. The SMILES string of the molecule is COc1cc(/C=N/NC(=O)CNC(=O)c2ccc3c(c2)OCO3)cc(I)c1OCc1ccccc1. The molecule has 0 atom stereocenters. The van der Waals surface area contributed by atoms with Crippen molar-refractivity contribution in [2.75, 3.05) is 20.4 Å². The predicted molar refractivity (Wildman–Crippen MR) is 137 cm³/mol. The predicted octanol–water partition coefficient (Wildman–Crippen LogP) is 3.49. The Morgan fingerprint density at radius 1 is 1.09 bits per heavy atom. The molecular weight excluding hydrogens is 565 g/mol. The maximum Gasteiger partial charge on any atom is 0.259 e. The van der Waals surface area contributed by atoms with Gasteiger partial charge in [0.25, 0.3) is 11.8 Å². The van der Waals surface area contributed by atoms with E-state index in [1.165, 1.54) is 6.21 Å². The van der Waals surface area contributed by atoms with Crippen molar-refractivity contribution in [3.8, 4) is 23.0 Å². The van der Waals surface area contributed by atoms with E-state index in [1.807, 2.05) is 36.4 Å². The number of nitrogens with zero attached hydrogens (tertiary/aromatic N) is 1. The average Bonchev–Trinajstić information content (AvgIpc) is 3.35. The first-order valence-corrected chi connectivity index (χ1v) is 11.7. The lowest BCUT2D eigenvalue weighted by Gasteiger charge is -2.13. The normalized spacial score (nSPS) is 11.8. The van der Waals surface area contributed by atoms with Crippen LogP contribution in [0.3, 0.4) is 0 Å². The molecule has 0 fully saturated rings. The smallest absolute Gasteiger partial charge is 0.259 e. The molecule has 180 valence electrons. The highest BCUT2D eigenvalue weighted by atomic mass is 127. The summed E-state index contributed by atoms with van der Waals surface area (Å²) in [6.07, 6.45) is 1.49. The Labute approximate surface area is 215 Å². The largest absolute Gasteiger partial charge is 0.493 e. The van der Waals surface area contributed by atoms with E-state index in [0.717, 1.165) is 9.13 Å². The van der Waals surface area contributed by atoms with Crippen molar-refractivity contribution in [3.63, 3.8) is 0 Å². The minimum Gasteiger partial charge on any atom is -0.493 e.